The molecule has 36 heavy (non-hydrogen) atoms. The number of aromatic nitrogens is 2. The van der Waals surface area contributed by atoms with Gasteiger partial charge in [0.25, 0.3) is 11.5 Å². The zero-order chi connectivity index (χ0) is 25.8. The van der Waals surface area contributed by atoms with Crippen LogP contribution in [0.25, 0.3) is 33.0 Å². The number of amides is 1. The molecule has 12 heteroatoms. The van der Waals surface area contributed by atoms with Crippen LogP contribution < -0.4 is 10.3 Å². The van der Waals surface area contributed by atoms with Gasteiger partial charge in [-0.2, -0.15) is 0 Å². The minimum absolute atomic E-state index is 0.0119. The molecule has 0 radical (unpaired) electrons. The average Bonchev–Trinajstić information content (AvgIpc) is 3.38. The number of nitrogens with one attached hydrogen (secondary N) is 2. The predicted octanol–water partition coefficient (Wildman–Crippen LogP) is 3.90. The molecule has 0 aliphatic carbocycles. The number of hydrogen-bond donors (Lipinski definition) is 2. The molecule has 5 aromatic rings. The van der Waals surface area contributed by atoms with E-state index >= 15 is 4.39 Å². The topological polar surface area (TPSA) is 114 Å². The maximum absolute atomic E-state index is 15.6. The minimum atomic E-state index is -4.11. The lowest BCUT2D eigenvalue weighted by Crippen LogP contribution is -2.32. The molecular weight excluding hydrogens is 499 g/mol. The van der Waals surface area contributed by atoms with Gasteiger partial charge in [-0.1, -0.05) is 0 Å². The third kappa shape index (κ3) is 3.94. The fraction of sp³-hybridized carbons (Fsp3) is 0.0833. The van der Waals surface area contributed by atoms with Crippen LogP contribution in [0, 0.1) is 17.5 Å². The maximum Gasteiger partial charge on any atom is 0.282 e. The summed E-state index contributed by atoms with van der Waals surface area (Å²) >= 11 is 0. The van der Waals surface area contributed by atoms with Gasteiger partial charge in [-0.05, 0) is 42.5 Å². The Bertz CT molecular complexity index is 1850. The molecule has 1 amide bonds. The van der Waals surface area contributed by atoms with E-state index < -0.39 is 51.2 Å². The quantitative estimate of drug-likeness (QED) is 0.369. The number of benzene rings is 2. The maximum atomic E-state index is 15.6. The third-order valence-corrected chi connectivity index (χ3v) is 6.17. The summed E-state index contributed by atoms with van der Waals surface area (Å²) in [6.07, 6.45) is 3.36. The molecule has 0 saturated heterocycles. The van der Waals surface area contributed by atoms with Crippen LogP contribution >= 0.6 is 0 Å². The number of H-pyrrole nitrogens is 1. The van der Waals surface area contributed by atoms with E-state index in [4.69, 9.17) is 4.42 Å². The number of furan rings is 1. The van der Waals surface area contributed by atoms with Crippen molar-refractivity contribution in [3.63, 3.8) is 0 Å². The highest BCUT2D eigenvalue weighted by Crippen LogP contribution is 2.40. The molecular formula is C24H16F3N3O5S. The number of nitrogens with zero attached hydrogens (tertiary/aromatic N) is 1. The molecule has 8 nitrogen and oxygen atoms in total. The van der Waals surface area contributed by atoms with Gasteiger partial charge in [0.2, 0.25) is 10.0 Å². The molecule has 0 aliphatic heterocycles. The Kier molecular flexibility index (Phi) is 5.47. The van der Waals surface area contributed by atoms with E-state index in [1.807, 2.05) is 4.72 Å². The van der Waals surface area contributed by atoms with Crippen LogP contribution in [0.4, 0.5) is 13.2 Å². The van der Waals surface area contributed by atoms with Gasteiger partial charge in [0, 0.05) is 22.7 Å². The second-order valence-corrected chi connectivity index (χ2v) is 9.83. The van der Waals surface area contributed by atoms with E-state index in [1.165, 1.54) is 30.7 Å². The van der Waals surface area contributed by atoms with E-state index in [0.29, 0.717) is 5.39 Å². The Balaban J connectivity index is 1.98. The number of aromatic amines is 1. The first-order valence-corrected chi connectivity index (χ1v) is 12.3. The monoisotopic (exact) mass is 515 g/mol. The number of carbonyl (C=O) groups excluding carboxylic acids is 1. The summed E-state index contributed by atoms with van der Waals surface area (Å²) in [4.78, 5) is 28.6. The lowest BCUT2D eigenvalue weighted by molar-refractivity contribution is 0.0974. The summed E-state index contributed by atoms with van der Waals surface area (Å²) in [5.41, 5.74) is -1.75. The van der Waals surface area contributed by atoms with Crippen molar-refractivity contribution in [3.8, 4) is 11.1 Å². The Hall–Kier alpha value is -4.32. The van der Waals surface area contributed by atoms with Crippen molar-refractivity contribution in [2.45, 2.75) is 6.54 Å². The van der Waals surface area contributed by atoms with E-state index in [9.17, 15) is 26.8 Å². The predicted molar refractivity (Wildman–Crippen MR) is 125 cm³/mol. The summed E-state index contributed by atoms with van der Waals surface area (Å²) in [5, 5.41) is 0.292. The van der Waals surface area contributed by atoms with Gasteiger partial charge >= 0.3 is 0 Å². The van der Waals surface area contributed by atoms with E-state index in [-0.39, 0.29) is 33.2 Å². The van der Waals surface area contributed by atoms with Crippen molar-refractivity contribution in [2.75, 3.05) is 6.26 Å². The van der Waals surface area contributed by atoms with Gasteiger partial charge in [-0.25, -0.2) is 26.3 Å². The summed E-state index contributed by atoms with van der Waals surface area (Å²) in [7, 11) is -4.11. The fourth-order valence-electron chi connectivity index (χ4n) is 4.26. The number of rotatable bonds is 5. The van der Waals surface area contributed by atoms with Crippen molar-refractivity contribution in [1.82, 2.24) is 14.3 Å². The molecule has 0 fully saturated rings. The fourth-order valence-corrected chi connectivity index (χ4v) is 4.69. The first-order valence-electron chi connectivity index (χ1n) is 10.4. The summed E-state index contributed by atoms with van der Waals surface area (Å²) in [6.45, 7) is -0.569. The number of carbonyl (C=O) groups is 1. The van der Waals surface area contributed by atoms with Crippen molar-refractivity contribution >= 4 is 37.8 Å². The first kappa shape index (κ1) is 23.4. The van der Waals surface area contributed by atoms with Gasteiger partial charge in [0.15, 0.2) is 0 Å². The highest BCUT2D eigenvalue weighted by Gasteiger charge is 2.31. The van der Waals surface area contributed by atoms with E-state index in [2.05, 4.69) is 4.98 Å². The first-order chi connectivity index (χ1) is 17.0. The van der Waals surface area contributed by atoms with Crippen LogP contribution in [-0.2, 0) is 16.6 Å². The van der Waals surface area contributed by atoms with Gasteiger partial charge in [-0.3, -0.25) is 9.59 Å². The van der Waals surface area contributed by atoms with Gasteiger partial charge in [0.05, 0.1) is 35.5 Å². The molecule has 5 rings (SSSR count). The van der Waals surface area contributed by atoms with E-state index in [1.54, 1.807) is 0 Å². The van der Waals surface area contributed by atoms with Crippen LogP contribution in [0.15, 0.2) is 64.1 Å². The molecule has 0 unspecified atom stereocenters. The normalized spacial score (nSPS) is 11.9. The summed E-state index contributed by atoms with van der Waals surface area (Å²) in [6, 6.07) is 8.05. The van der Waals surface area contributed by atoms with Crippen LogP contribution in [-0.4, -0.2) is 30.1 Å². The Labute approximate surface area is 201 Å². The summed E-state index contributed by atoms with van der Waals surface area (Å²) < 4.78 is 76.4. The minimum Gasteiger partial charge on any atom is -0.464 e. The number of sulfonamides is 1. The molecule has 0 aliphatic rings. The molecule has 3 aromatic heterocycles. The molecule has 2 N–H and O–H groups in total. The van der Waals surface area contributed by atoms with Gasteiger partial charge in [0.1, 0.15) is 28.7 Å². The van der Waals surface area contributed by atoms with Crippen LogP contribution in [0.1, 0.15) is 16.1 Å². The highest BCUT2D eigenvalue weighted by atomic mass is 32.2. The van der Waals surface area contributed by atoms with Gasteiger partial charge < -0.3 is 14.0 Å². The zero-order valence-corrected chi connectivity index (χ0v) is 19.3. The number of halogens is 3. The lowest BCUT2D eigenvalue weighted by Gasteiger charge is -2.13. The molecule has 2 aromatic carbocycles. The molecule has 0 spiro atoms. The van der Waals surface area contributed by atoms with Crippen molar-refractivity contribution in [2.24, 2.45) is 0 Å². The van der Waals surface area contributed by atoms with Crippen molar-refractivity contribution in [3.05, 3.63) is 94.0 Å². The highest BCUT2D eigenvalue weighted by molar-refractivity contribution is 7.89. The largest absolute Gasteiger partial charge is 0.464 e. The number of pyridine rings is 1. The Morgan fingerprint density at radius 2 is 1.89 bits per heavy atom. The Morgan fingerprint density at radius 3 is 2.61 bits per heavy atom. The molecule has 3 heterocycles. The number of hydrogen-bond acceptors (Lipinski definition) is 5. The molecule has 0 saturated carbocycles. The van der Waals surface area contributed by atoms with Crippen LogP contribution in [0.2, 0.25) is 0 Å². The molecule has 0 atom stereocenters. The third-order valence-electron chi connectivity index (χ3n) is 5.61. The summed E-state index contributed by atoms with van der Waals surface area (Å²) in [5.74, 6) is -3.68. The van der Waals surface area contributed by atoms with Gasteiger partial charge in [-0.15, -0.1) is 0 Å². The zero-order valence-electron chi connectivity index (χ0n) is 18.4. The number of fused-ring (bicyclic) bond motifs is 3. The van der Waals surface area contributed by atoms with Crippen LogP contribution in [0.3, 0.4) is 0 Å². The van der Waals surface area contributed by atoms with Crippen LogP contribution in [0.5, 0.6) is 0 Å². The SMILES string of the molecule is CS(=O)(=O)NC(=O)c1c(-c2ccc[nH]c2=O)c2c3occc3cc(F)c2n1Cc1cc(F)ccc1F. The Morgan fingerprint density at radius 1 is 1.11 bits per heavy atom. The second kappa shape index (κ2) is 8.41. The smallest absolute Gasteiger partial charge is 0.282 e. The standard InChI is InChI=1S/C24H16F3N3O5S/c1-36(33,34)29-24(32)21-18(15-3-2-7-28-23(15)31)19-20(17(27)10-12-6-8-35-22(12)19)30(21)11-13-9-14(25)4-5-16(13)26/h2-10H,11H2,1H3,(H,28,31)(H,29,32). The van der Waals surface area contributed by atoms with E-state index in [0.717, 1.165) is 35.1 Å². The lowest BCUT2D eigenvalue weighted by atomic mass is 10.0. The van der Waals surface area contributed by atoms with Crippen molar-refractivity contribution in [1.29, 1.82) is 0 Å². The average molecular weight is 515 g/mol. The van der Waals surface area contributed by atoms with Crippen molar-refractivity contribution < 1.29 is 30.8 Å². The second-order valence-electron chi connectivity index (χ2n) is 8.08. The molecule has 184 valence electrons. The molecule has 0 bridgehead atoms.